The van der Waals surface area contributed by atoms with Gasteiger partial charge in [-0.2, -0.15) is 5.10 Å². The number of aryl methyl sites for hydroxylation is 1. The van der Waals surface area contributed by atoms with E-state index in [0.717, 1.165) is 64.1 Å². The van der Waals surface area contributed by atoms with Crippen LogP contribution >= 0.6 is 0 Å². The van der Waals surface area contributed by atoms with Gasteiger partial charge in [-0.1, -0.05) is 19.3 Å². The number of nitrogens with zero attached hydrogens (tertiary/aromatic N) is 6. The van der Waals surface area contributed by atoms with Crippen LogP contribution in [0.25, 0.3) is 0 Å². The number of anilines is 1. The summed E-state index contributed by atoms with van der Waals surface area (Å²) in [5.74, 6) is 0.967. The third-order valence-electron chi connectivity index (χ3n) is 7.00. The van der Waals surface area contributed by atoms with E-state index in [1.807, 2.05) is 18.1 Å². The maximum atomic E-state index is 12.9. The fourth-order valence-corrected chi connectivity index (χ4v) is 5.24. The number of hydrogen-bond donors (Lipinski definition) is 1. The maximum absolute atomic E-state index is 12.9. The van der Waals surface area contributed by atoms with E-state index in [1.54, 1.807) is 10.9 Å². The lowest BCUT2D eigenvalue weighted by Gasteiger charge is -2.42. The number of morpholine rings is 1. The Kier molecular flexibility index (Phi) is 7.67. The Balaban J connectivity index is 1.43. The molecule has 3 heterocycles. The third-order valence-corrected chi connectivity index (χ3v) is 7.00. The summed E-state index contributed by atoms with van der Waals surface area (Å²) in [6, 6.07) is 0. The summed E-state index contributed by atoms with van der Waals surface area (Å²) in [5.41, 5.74) is 1.10. The van der Waals surface area contributed by atoms with Crippen LogP contribution in [-0.4, -0.2) is 97.0 Å². The molecule has 9 nitrogen and oxygen atoms in total. The molecule has 1 amide bonds. The molecule has 178 valence electrons. The molecule has 9 heteroatoms. The maximum Gasteiger partial charge on any atom is 0.246 e. The van der Waals surface area contributed by atoms with Crippen molar-refractivity contribution in [2.75, 3.05) is 70.5 Å². The molecule has 1 aromatic rings. The van der Waals surface area contributed by atoms with Crippen LogP contribution in [0.4, 0.5) is 5.69 Å². The predicted octanol–water partition coefficient (Wildman–Crippen LogP) is 1.32. The number of rotatable bonds is 6. The van der Waals surface area contributed by atoms with Crippen LogP contribution in [0.15, 0.2) is 17.4 Å². The first-order valence-corrected chi connectivity index (χ1v) is 12.2. The molecule has 3 fully saturated rings. The van der Waals surface area contributed by atoms with E-state index in [4.69, 9.17) is 9.73 Å². The molecule has 4 rings (SSSR count). The molecule has 0 unspecified atom stereocenters. The summed E-state index contributed by atoms with van der Waals surface area (Å²) < 4.78 is 7.29. The summed E-state index contributed by atoms with van der Waals surface area (Å²) in [5, 5.41) is 7.65. The molecule has 1 saturated carbocycles. The Hall–Kier alpha value is -2.13. The minimum Gasteiger partial charge on any atom is -0.379 e. The molecule has 0 bridgehead atoms. The van der Waals surface area contributed by atoms with Gasteiger partial charge in [-0.25, -0.2) is 0 Å². The van der Waals surface area contributed by atoms with Crippen molar-refractivity contribution >= 4 is 17.6 Å². The molecule has 1 aromatic heterocycles. The van der Waals surface area contributed by atoms with Crippen molar-refractivity contribution in [3.05, 3.63) is 12.4 Å². The highest BCUT2D eigenvalue weighted by atomic mass is 16.5. The SMILES string of the molecule is CCNC(=NCC1(CN2CCOCC2)CCCCC1)N1CCN(c2cnn(C)c2)C(=O)C1. The first-order chi connectivity index (χ1) is 15.6. The molecule has 0 spiro atoms. The van der Waals surface area contributed by atoms with Gasteiger partial charge in [0.05, 0.1) is 25.1 Å². The van der Waals surface area contributed by atoms with Crippen molar-refractivity contribution in [1.29, 1.82) is 0 Å². The van der Waals surface area contributed by atoms with Crippen molar-refractivity contribution in [2.45, 2.75) is 39.0 Å². The number of piperazine rings is 1. The van der Waals surface area contributed by atoms with Crippen molar-refractivity contribution in [1.82, 2.24) is 24.9 Å². The van der Waals surface area contributed by atoms with Gasteiger partial charge in [-0.05, 0) is 19.8 Å². The monoisotopic (exact) mass is 445 g/mol. The highest BCUT2D eigenvalue weighted by Crippen LogP contribution is 2.37. The molecule has 0 atom stereocenters. The Morgan fingerprint density at radius 2 is 1.97 bits per heavy atom. The molecule has 2 aliphatic heterocycles. The van der Waals surface area contributed by atoms with Crippen LogP contribution in [0, 0.1) is 5.41 Å². The molecule has 3 aliphatic rings. The minimum atomic E-state index is 0.0931. The molecule has 0 aromatic carbocycles. The van der Waals surface area contributed by atoms with Gasteiger partial charge in [0.2, 0.25) is 5.91 Å². The Labute approximate surface area is 191 Å². The van der Waals surface area contributed by atoms with Crippen LogP contribution in [0.5, 0.6) is 0 Å². The number of aliphatic imine (C=N–C) groups is 1. The van der Waals surface area contributed by atoms with Gasteiger partial charge < -0.3 is 19.9 Å². The second-order valence-electron chi connectivity index (χ2n) is 9.46. The number of hydrogen-bond acceptors (Lipinski definition) is 5. The molecule has 32 heavy (non-hydrogen) atoms. The van der Waals surface area contributed by atoms with Gasteiger partial charge >= 0.3 is 0 Å². The van der Waals surface area contributed by atoms with Crippen LogP contribution in [0.1, 0.15) is 39.0 Å². The van der Waals surface area contributed by atoms with E-state index < -0.39 is 0 Å². The van der Waals surface area contributed by atoms with Crippen molar-refractivity contribution in [3.8, 4) is 0 Å². The van der Waals surface area contributed by atoms with Crippen molar-refractivity contribution < 1.29 is 9.53 Å². The molecule has 1 aliphatic carbocycles. The quantitative estimate of drug-likeness (QED) is 0.526. The van der Waals surface area contributed by atoms with Crippen molar-refractivity contribution in [2.24, 2.45) is 17.5 Å². The van der Waals surface area contributed by atoms with Gasteiger partial charge in [0.1, 0.15) is 6.54 Å². The third kappa shape index (κ3) is 5.61. The van der Waals surface area contributed by atoms with Gasteiger partial charge in [0, 0.05) is 64.5 Å². The van der Waals surface area contributed by atoms with Gasteiger partial charge in [0.15, 0.2) is 5.96 Å². The number of carbonyl (C=O) groups is 1. The van der Waals surface area contributed by atoms with Crippen LogP contribution in [-0.2, 0) is 16.6 Å². The molecular weight excluding hydrogens is 406 g/mol. The minimum absolute atomic E-state index is 0.0931. The number of nitrogens with one attached hydrogen (secondary N) is 1. The van der Waals surface area contributed by atoms with Gasteiger partial charge in [0.25, 0.3) is 0 Å². The van der Waals surface area contributed by atoms with Crippen LogP contribution < -0.4 is 10.2 Å². The van der Waals surface area contributed by atoms with E-state index >= 15 is 0 Å². The number of amides is 1. The topological polar surface area (TPSA) is 78.2 Å². The van der Waals surface area contributed by atoms with E-state index in [-0.39, 0.29) is 11.3 Å². The number of carbonyl (C=O) groups excluding carboxylic acids is 1. The predicted molar refractivity (Wildman–Crippen MR) is 126 cm³/mol. The van der Waals surface area contributed by atoms with Crippen molar-refractivity contribution in [3.63, 3.8) is 0 Å². The average Bonchev–Trinajstić information content (AvgIpc) is 3.24. The Bertz CT molecular complexity index is 781. The zero-order chi connectivity index (χ0) is 22.4. The zero-order valence-corrected chi connectivity index (χ0v) is 19.8. The summed E-state index contributed by atoms with van der Waals surface area (Å²) >= 11 is 0. The Morgan fingerprint density at radius 1 is 1.19 bits per heavy atom. The fraction of sp³-hybridized carbons (Fsp3) is 0.783. The van der Waals surface area contributed by atoms with Crippen LogP contribution in [0.3, 0.4) is 0 Å². The fourth-order valence-electron chi connectivity index (χ4n) is 5.24. The zero-order valence-electron chi connectivity index (χ0n) is 19.8. The van der Waals surface area contributed by atoms with E-state index in [1.165, 1.54) is 32.1 Å². The highest BCUT2D eigenvalue weighted by molar-refractivity contribution is 5.98. The highest BCUT2D eigenvalue weighted by Gasteiger charge is 2.35. The first-order valence-electron chi connectivity index (χ1n) is 12.2. The number of ether oxygens (including phenoxy) is 1. The number of aromatic nitrogens is 2. The standard InChI is InChI=1S/C23H39N7O2/c1-3-24-22(29-9-10-30(21(31)17-29)20-15-26-27(2)16-20)25-18-23(7-5-4-6-8-23)19-28-11-13-32-14-12-28/h15-16H,3-14,17-19H2,1-2H3,(H,24,25). The first kappa shape index (κ1) is 23.0. The second kappa shape index (κ2) is 10.7. The molecular formula is C23H39N7O2. The molecule has 0 radical (unpaired) electrons. The average molecular weight is 446 g/mol. The van der Waals surface area contributed by atoms with Crippen LogP contribution in [0.2, 0.25) is 0 Å². The Morgan fingerprint density at radius 3 is 2.62 bits per heavy atom. The van der Waals surface area contributed by atoms with Gasteiger partial charge in [-0.15, -0.1) is 0 Å². The second-order valence-corrected chi connectivity index (χ2v) is 9.46. The van der Waals surface area contributed by atoms with E-state index in [9.17, 15) is 4.79 Å². The normalized spacial score (nSPS) is 22.9. The lowest BCUT2D eigenvalue weighted by Crippen LogP contribution is -2.55. The lowest BCUT2D eigenvalue weighted by atomic mass is 9.73. The molecule has 1 N–H and O–H groups in total. The lowest BCUT2D eigenvalue weighted by molar-refractivity contribution is -0.120. The summed E-state index contributed by atoms with van der Waals surface area (Å²) in [4.78, 5) is 24.5. The smallest absolute Gasteiger partial charge is 0.246 e. The molecule has 2 saturated heterocycles. The largest absolute Gasteiger partial charge is 0.379 e. The summed E-state index contributed by atoms with van der Waals surface area (Å²) in [6.07, 6.45) is 10.0. The summed E-state index contributed by atoms with van der Waals surface area (Å²) in [6.45, 7) is 10.3. The van der Waals surface area contributed by atoms with E-state index in [2.05, 4.69) is 27.1 Å². The van der Waals surface area contributed by atoms with Gasteiger partial charge in [-0.3, -0.25) is 19.4 Å². The number of guanidine groups is 1. The van der Waals surface area contributed by atoms with E-state index in [0.29, 0.717) is 13.1 Å². The summed E-state index contributed by atoms with van der Waals surface area (Å²) in [7, 11) is 1.87.